The average Bonchev–Trinajstić information content (AvgIpc) is 2.50. The van der Waals surface area contributed by atoms with E-state index in [1.807, 2.05) is 32.0 Å². The number of rotatable bonds is 8. The van der Waals surface area contributed by atoms with Crippen molar-refractivity contribution in [2.24, 2.45) is 0 Å². The smallest absolute Gasteiger partial charge is 0.303 e. The maximum absolute atomic E-state index is 10.7. The van der Waals surface area contributed by atoms with Gasteiger partial charge in [0.25, 0.3) is 0 Å². The maximum Gasteiger partial charge on any atom is 0.303 e. The third kappa shape index (κ3) is 6.27. The van der Waals surface area contributed by atoms with Crippen molar-refractivity contribution in [3.8, 4) is 5.75 Å². The fraction of sp³-hybridized carbons (Fsp3) is 0.316. The zero-order valence-corrected chi connectivity index (χ0v) is 16.8. The zero-order valence-electron chi connectivity index (χ0n) is 14.5. The van der Waals surface area contributed by atoms with Gasteiger partial charge in [0.15, 0.2) is 5.75 Å². The summed E-state index contributed by atoms with van der Waals surface area (Å²) in [6.07, 6.45) is 0.370. The highest BCUT2D eigenvalue weighted by Crippen LogP contribution is 2.35. The summed E-state index contributed by atoms with van der Waals surface area (Å²) in [5.41, 5.74) is 2.54. The summed E-state index contributed by atoms with van der Waals surface area (Å²) >= 11 is 18.7. The summed E-state index contributed by atoms with van der Waals surface area (Å²) in [6, 6.07) is 9.25. The van der Waals surface area contributed by atoms with Crippen LogP contribution in [0.4, 0.5) is 5.69 Å². The van der Waals surface area contributed by atoms with E-state index in [9.17, 15) is 4.79 Å². The van der Waals surface area contributed by atoms with Crippen LogP contribution in [0.3, 0.4) is 0 Å². The van der Waals surface area contributed by atoms with Gasteiger partial charge in [-0.05, 0) is 61.7 Å². The van der Waals surface area contributed by atoms with Gasteiger partial charge in [-0.3, -0.25) is 4.79 Å². The van der Waals surface area contributed by atoms with Crippen molar-refractivity contribution in [2.75, 3.05) is 5.32 Å². The minimum Gasteiger partial charge on any atom is -0.486 e. The van der Waals surface area contributed by atoms with Gasteiger partial charge in [-0.2, -0.15) is 0 Å². The SMILES string of the molecule is CC(C)Nc1cc(Cl)cc(COc2c(Cl)cc(CCC(=O)O)cc2Cl)c1. The number of hydrogen-bond donors (Lipinski definition) is 2. The molecule has 0 radical (unpaired) electrons. The van der Waals surface area contributed by atoms with Crippen molar-refractivity contribution in [1.82, 2.24) is 0 Å². The second kappa shape index (κ2) is 9.36. The number of halogens is 3. The lowest BCUT2D eigenvalue weighted by Crippen LogP contribution is -2.10. The highest BCUT2D eigenvalue weighted by Gasteiger charge is 2.12. The number of anilines is 1. The number of benzene rings is 2. The summed E-state index contributed by atoms with van der Waals surface area (Å²) in [7, 11) is 0. The molecule has 0 saturated carbocycles. The molecule has 0 heterocycles. The van der Waals surface area contributed by atoms with Gasteiger partial charge in [0.1, 0.15) is 6.61 Å². The van der Waals surface area contributed by atoms with E-state index < -0.39 is 5.97 Å². The van der Waals surface area contributed by atoms with Crippen molar-refractivity contribution >= 4 is 46.5 Å². The van der Waals surface area contributed by atoms with E-state index in [1.54, 1.807) is 12.1 Å². The van der Waals surface area contributed by atoms with E-state index >= 15 is 0 Å². The molecule has 0 bridgehead atoms. The molecule has 0 aliphatic heterocycles. The van der Waals surface area contributed by atoms with Crippen LogP contribution in [-0.4, -0.2) is 17.1 Å². The molecule has 0 spiro atoms. The maximum atomic E-state index is 10.7. The Morgan fingerprint density at radius 1 is 1.08 bits per heavy atom. The van der Waals surface area contributed by atoms with Gasteiger partial charge in [-0.15, -0.1) is 0 Å². The predicted octanol–water partition coefficient (Wildman–Crippen LogP) is 6.06. The Bertz CT molecular complexity index is 771. The minimum absolute atomic E-state index is 0.0149. The van der Waals surface area contributed by atoms with Crippen molar-refractivity contribution in [1.29, 1.82) is 0 Å². The molecule has 26 heavy (non-hydrogen) atoms. The molecule has 2 aromatic carbocycles. The van der Waals surface area contributed by atoms with Gasteiger partial charge in [0.2, 0.25) is 0 Å². The van der Waals surface area contributed by atoms with Crippen molar-refractivity contribution < 1.29 is 14.6 Å². The van der Waals surface area contributed by atoms with Crippen LogP contribution in [0.25, 0.3) is 0 Å². The molecule has 0 aliphatic carbocycles. The normalized spacial score (nSPS) is 10.8. The quantitative estimate of drug-likeness (QED) is 0.549. The topological polar surface area (TPSA) is 58.6 Å². The molecule has 0 atom stereocenters. The summed E-state index contributed by atoms with van der Waals surface area (Å²) < 4.78 is 5.78. The molecular formula is C19H20Cl3NO3. The molecule has 0 fully saturated rings. The Morgan fingerprint density at radius 3 is 2.31 bits per heavy atom. The number of hydrogen-bond acceptors (Lipinski definition) is 3. The first kappa shape index (κ1) is 20.7. The van der Waals surface area contributed by atoms with Gasteiger partial charge >= 0.3 is 5.97 Å². The number of carboxylic acids is 1. The minimum atomic E-state index is -0.871. The van der Waals surface area contributed by atoms with Crippen LogP contribution in [0.5, 0.6) is 5.75 Å². The van der Waals surface area contributed by atoms with Crippen molar-refractivity contribution in [2.45, 2.75) is 39.3 Å². The highest BCUT2D eigenvalue weighted by atomic mass is 35.5. The van der Waals surface area contributed by atoms with Crippen LogP contribution in [0.1, 0.15) is 31.4 Å². The van der Waals surface area contributed by atoms with E-state index in [1.165, 1.54) is 0 Å². The summed E-state index contributed by atoms with van der Waals surface area (Å²) in [5, 5.41) is 13.4. The molecule has 0 unspecified atom stereocenters. The molecule has 0 saturated heterocycles. The van der Waals surface area contributed by atoms with Crippen LogP contribution < -0.4 is 10.1 Å². The lowest BCUT2D eigenvalue weighted by molar-refractivity contribution is -0.136. The second-order valence-electron chi connectivity index (χ2n) is 6.22. The van der Waals surface area contributed by atoms with E-state index in [0.717, 1.165) is 16.8 Å². The molecule has 2 N–H and O–H groups in total. The molecule has 0 aromatic heterocycles. The monoisotopic (exact) mass is 415 g/mol. The third-order valence-electron chi connectivity index (χ3n) is 3.48. The molecule has 4 nitrogen and oxygen atoms in total. The Labute approximate surface area is 168 Å². The Balaban J connectivity index is 2.12. The molecule has 2 aromatic rings. The van der Waals surface area contributed by atoms with Crippen LogP contribution in [0.15, 0.2) is 30.3 Å². The number of aliphatic carboxylic acids is 1. The summed E-state index contributed by atoms with van der Waals surface area (Å²) in [5.74, 6) is -0.505. The molecule has 7 heteroatoms. The van der Waals surface area contributed by atoms with Crippen molar-refractivity contribution in [3.05, 3.63) is 56.5 Å². The Morgan fingerprint density at radius 2 is 1.73 bits per heavy atom. The Hall–Kier alpha value is -1.62. The summed E-state index contributed by atoms with van der Waals surface area (Å²) in [4.78, 5) is 10.7. The Kier molecular flexibility index (Phi) is 7.44. The first-order chi connectivity index (χ1) is 12.2. The number of ether oxygens (including phenoxy) is 1. The predicted molar refractivity (Wildman–Crippen MR) is 107 cm³/mol. The van der Waals surface area contributed by atoms with Gasteiger partial charge in [-0.1, -0.05) is 34.8 Å². The fourth-order valence-corrected chi connectivity index (χ4v) is 3.35. The largest absolute Gasteiger partial charge is 0.486 e. The fourth-order valence-electron chi connectivity index (χ4n) is 2.45. The van der Waals surface area contributed by atoms with E-state index in [4.69, 9.17) is 44.6 Å². The molecule has 140 valence electrons. The number of nitrogens with one attached hydrogen (secondary N) is 1. The standard InChI is InChI=1S/C19H20Cl3NO3/c1-11(2)23-15-6-13(5-14(20)9-15)10-26-19-16(21)7-12(8-17(19)22)3-4-18(24)25/h5-9,11,23H,3-4,10H2,1-2H3,(H,24,25). The molecule has 2 rings (SSSR count). The first-order valence-electron chi connectivity index (χ1n) is 8.13. The van der Waals surface area contributed by atoms with Crippen molar-refractivity contribution in [3.63, 3.8) is 0 Å². The van der Waals surface area contributed by atoms with E-state index in [0.29, 0.717) is 27.2 Å². The van der Waals surface area contributed by atoms with E-state index in [2.05, 4.69) is 5.32 Å². The van der Waals surface area contributed by atoms with Gasteiger partial charge < -0.3 is 15.2 Å². The molecule has 0 aliphatic rings. The second-order valence-corrected chi connectivity index (χ2v) is 7.47. The number of aryl methyl sites for hydroxylation is 1. The van der Waals surface area contributed by atoms with Gasteiger partial charge in [0.05, 0.1) is 10.0 Å². The molecule has 0 amide bonds. The van der Waals surface area contributed by atoms with Gasteiger partial charge in [-0.25, -0.2) is 0 Å². The lowest BCUT2D eigenvalue weighted by Gasteiger charge is -2.14. The van der Waals surface area contributed by atoms with Crippen LogP contribution in [0, 0.1) is 0 Å². The third-order valence-corrected chi connectivity index (χ3v) is 4.26. The van der Waals surface area contributed by atoms with Crippen LogP contribution in [0.2, 0.25) is 15.1 Å². The number of carbonyl (C=O) groups is 1. The van der Waals surface area contributed by atoms with Crippen LogP contribution in [-0.2, 0) is 17.8 Å². The zero-order chi connectivity index (χ0) is 19.3. The first-order valence-corrected chi connectivity index (χ1v) is 9.26. The lowest BCUT2D eigenvalue weighted by atomic mass is 10.1. The average molecular weight is 417 g/mol. The van der Waals surface area contributed by atoms with E-state index in [-0.39, 0.29) is 19.1 Å². The summed E-state index contributed by atoms with van der Waals surface area (Å²) in [6.45, 7) is 4.34. The number of carboxylic acid groups (broad SMARTS) is 1. The van der Waals surface area contributed by atoms with Gasteiger partial charge in [0, 0.05) is 23.2 Å². The van der Waals surface area contributed by atoms with Crippen LogP contribution >= 0.6 is 34.8 Å². The highest BCUT2D eigenvalue weighted by molar-refractivity contribution is 6.37. The molecular weight excluding hydrogens is 397 g/mol.